The second-order valence-corrected chi connectivity index (χ2v) is 13.5. The summed E-state index contributed by atoms with van der Waals surface area (Å²) < 4.78 is 1.07. The predicted molar refractivity (Wildman–Crippen MR) is 101 cm³/mol. The lowest BCUT2D eigenvalue weighted by atomic mass is 10.1. The van der Waals surface area contributed by atoms with Crippen LogP contribution in [0.1, 0.15) is 24.5 Å². The number of aryl methyl sites for hydroxylation is 1. The standard InChI is InChI=1S/C16H24BrNOSSi/c1-12(19)6-7-13-8-9-14(10-15(13)17)16(20-2)18-11-21(3,4)5/h8-10H,6-7,11H2,1-5H3. The Labute approximate surface area is 142 Å². The molecule has 0 spiro atoms. The van der Waals surface area contributed by atoms with Crippen LogP contribution in [0.25, 0.3) is 0 Å². The Morgan fingerprint density at radius 3 is 2.48 bits per heavy atom. The van der Waals surface area contributed by atoms with Crippen molar-refractivity contribution in [1.29, 1.82) is 0 Å². The SMILES string of the molecule is CSC(=NC[Si](C)(C)C)c1ccc(CCC(C)=O)c(Br)c1. The zero-order chi connectivity index (χ0) is 16.0. The zero-order valence-electron chi connectivity index (χ0n) is 13.5. The second kappa shape index (κ2) is 8.29. The molecule has 1 rings (SSSR count). The van der Waals surface area contributed by atoms with Gasteiger partial charge in [-0.1, -0.05) is 47.7 Å². The summed E-state index contributed by atoms with van der Waals surface area (Å²) >= 11 is 5.31. The highest BCUT2D eigenvalue weighted by Gasteiger charge is 2.13. The predicted octanol–water partition coefficient (Wildman–Crippen LogP) is 4.96. The Balaban J connectivity index is 2.92. The lowest BCUT2D eigenvalue weighted by Gasteiger charge is -2.14. The Morgan fingerprint density at radius 1 is 1.33 bits per heavy atom. The summed E-state index contributed by atoms with van der Waals surface area (Å²) in [5.41, 5.74) is 2.33. The molecule has 0 fully saturated rings. The Morgan fingerprint density at radius 2 is 2.00 bits per heavy atom. The molecule has 0 saturated carbocycles. The van der Waals surface area contributed by atoms with Crippen molar-refractivity contribution < 1.29 is 4.79 Å². The fourth-order valence-electron chi connectivity index (χ4n) is 1.78. The summed E-state index contributed by atoms with van der Waals surface area (Å²) in [6.45, 7) is 8.62. The zero-order valence-corrected chi connectivity index (χ0v) is 16.9. The third kappa shape index (κ3) is 6.93. The van der Waals surface area contributed by atoms with Crippen molar-refractivity contribution in [2.45, 2.75) is 39.4 Å². The van der Waals surface area contributed by atoms with Gasteiger partial charge in [0.15, 0.2) is 0 Å². The van der Waals surface area contributed by atoms with E-state index in [4.69, 9.17) is 4.99 Å². The van der Waals surface area contributed by atoms with Gasteiger partial charge in [-0.3, -0.25) is 4.99 Å². The molecule has 0 amide bonds. The molecule has 1 aromatic rings. The van der Waals surface area contributed by atoms with Crippen LogP contribution in [0.5, 0.6) is 0 Å². The van der Waals surface area contributed by atoms with Crippen LogP contribution in [0, 0.1) is 0 Å². The molecular weight excluding hydrogens is 362 g/mol. The van der Waals surface area contributed by atoms with Crippen LogP contribution in [0.4, 0.5) is 0 Å². The Kier molecular flexibility index (Phi) is 7.37. The average molecular weight is 386 g/mol. The van der Waals surface area contributed by atoms with Gasteiger partial charge in [0.1, 0.15) is 5.78 Å². The molecule has 2 nitrogen and oxygen atoms in total. The largest absolute Gasteiger partial charge is 0.300 e. The maximum atomic E-state index is 11.1. The normalized spacial score (nSPS) is 12.6. The summed E-state index contributed by atoms with van der Waals surface area (Å²) in [5, 5.41) is 1.09. The number of carbonyl (C=O) groups is 1. The molecule has 0 aromatic heterocycles. The summed E-state index contributed by atoms with van der Waals surface area (Å²) in [4.78, 5) is 15.9. The highest BCUT2D eigenvalue weighted by atomic mass is 79.9. The molecule has 0 radical (unpaired) electrons. The van der Waals surface area contributed by atoms with E-state index in [1.807, 2.05) is 0 Å². The number of Topliss-reactive ketones (excluding diaryl/α,β-unsaturated/α-hetero) is 1. The maximum absolute atomic E-state index is 11.1. The third-order valence-corrected chi connectivity index (χ3v) is 5.53. The average Bonchev–Trinajstić information content (AvgIpc) is 2.37. The fourth-order valence-corrected chi connectivity index (χ4v) is 3.66. The van der Waals surface area contributed by atoms with Gasteiger partial charge in [-0.05, 0) is 31.2 Å². The molecule has 1 aromatic carbocycles. The van der Waals surface area contributed by atoms with Gasteiger partial charge in [0, 0.05) is 22.6 Å². The first-order valence-corrected chi connectivity index (χ1v) is 12.8. The van der Waals surface area contributed by atoms with E-state index in [2.05, 4.69) is 60.0 Å². The number of carbonyl (C=O) groups excluding carboxylic acids is 1. The van der Waals surface area contributed by atoms with Crippen molar-refractivity contribution in [1.82, 2.24) is 0 Å². The van der Waals surface area contributed by atoms with E-state index in [-0.39, 0.29) is 5.78 Å². The Bertz CT molecular complexity index is 538. The number of hydrogen-bond donors (Lipinski definition) is 0. The molecular formula is C16H24BrNOSSi. The number of benzene rings is 1. The number of thioether (sulfide) groups is 1. The topological polar surface area (TPSA) is 29.4 Å². The van der Waals surface area contributed by atoms with E-state index in [9.17, 15) is 4.79 Å². The lowest BCUT2D eigenvalue weighted by molar-refractivity contribution is -0.116. The molecule has 0 bridgehead atoms. The van der Waals surface area contributed by atoms with Gasteiger partial charge < -0.3 is 4.79 Å². The smallest absolute Gasteiger partial charge is 0.130 e. The van der Waals surface area contributed by atoms with Gasteiger partial charge in [0.2, 0.25) is 0 Å². The third-order valence-electron chi connectivity index (χ3n) is 2.94. The first-order valence-electron chi connectivity index (χ1n) is 7.09. The minimum atomic E-state index is -1.17. The first kappa shape index (κ1) is 18.7. The van der Waals surface area contributed by atoms with Crippen LogP contribution in [0.3, 0.4) is 0 Å². The number of aliphatic imine (C=N–C) groups is 1. The number of halogens is 1. The molecule has 21 heavy (non-hydrogen) atoms. The van der Waals surface area contributed by atoms with Crippen LogP contribution >= 0.6 is 27.7 Å². The van der Waals surface area contributed by atoms with E-state index in [1.165, 1.54) is 5.56 Å². The van der Waals surface area contributed by atoms with Gasteiger partial charge in [-0.15, -0.1) is 11.8 Å². The lowest BCUT2D eigenvalue weighted by Crippen LogP contribution is -2.25. The number of hydrogen-bond acceptors (Lipinski definition) is 3. The summed E-state index contributed by atoms with van der Waals surface area (Å²) in [7, 11) is -1.17. The molecule has 116 valence electrons. The van der Waals surface area contributed by atoms with Crippen LogP contribution in [-0.4, -0.2) is 31.3 Å². The van der Waals surface area contributed by atoms with Gasteiger partial charge in [-0.2, -0.15) is 0 Å². The molecule has 0 aliphatic heterocycles. The van der Waals surface area contributed by atoms with Gasteiger partial charge >= 0.3 is 0 Å². The minimum absolute atomic E-state index is 0.229. The highest BCUT2D eigenvalue weighted by molar-refractivity contribution is 9.10. The quantitative estimate of drug-likeness (QED) is 0.393. The molecule has 0 unspecified atom stereocenters. The molecule has 0 aliphatic rings. The van der Waals surface area contributed by atoms with Gasteiger partial charge in [0.25, 0.3) is 0 Å². The summed E-state index contributed by atoms with van der Waals surface area (Å²) in [6, 6.07) is 6.33. The van der Waals surface area contributed by atoms with Crippen LogP contribution < -0.4 is 0 Å². The van der Waals surface area contributed by atoms with Crippen LogP contribution in [-0.2, 0) is 11.2 Å². The van der Waals surface area contributed by atoms with Crippen LogP contribution in [0.2, 0.25) is 19.6 Å². The molecule has 5 heteroatoms. The van der Waals surface area contributed by atoms with Crippen molar-refractivity contribution in [2.24, 2.45) is 4.99 Å². The van der Waals surface area contributed by atoms with E-state index in [0.717, 1.165) is 27.7 Å². The minimum Gasteiger partial charge on any atom is -0.300 e. The summed E-state index contributed by atoms with van der Waals surface area (Å²) in [5.74, 6) is 0.229. The molecule has 0 atom stereocenters. The number of ketones is 1. The molecule has 0 heterocycles. The van der Waals surface area contributed by atoms with E-state index in [0.29, 0.717) is 6.42 Å². The molecule has 0 N–H and O–H groups in total. The summed E-state index contributed by atoms with van der Waals surface area (Å²) in [6.07, 6.45) is 4.40. The monoisotopic (exact) mass is 385 g/mol. The molecule has 0 saturated heterocycles. The van der Waals surface area contributed by atoms with Crippen molar-refractivity contribution in [3.05, 3.63) is 33.8 Å². The van der Waals surface area contributed by atoms with E-state index < -0.39 is 8.07 Å². The Hall–Kier alpha value is -0.393. The highest BCUT2D eigenvalue weighted by Crippen LogP contribution is 2.23. The maximum Gasteiger partial charge on any atom is 0.130 e. The van der Waals surface area contributed by atoms with Crippen LogP contribution in [0.15, 0.2) is 27.7 Å². The van der Waals surface area contributed by atoms with E-state index >= 15 is 0 Å². The van der Waals surface area contributed by atoms with Crippen molar-refractivity contribution >= 4 is 46.6 Å². The fraction of sp³-hybridized carbons (Fsp3) is 0.500. The van der Waals surface area contributed by atoms with Gasteiger partial charge in [0.05, 0.1) is 13.1 Å². The van der Waals surface area contributed by atoms with E-state index in [1.54, 1.807) is 18.7 Å². The molecule has 0 aliphatic carbocycles. The second-order valence-electron chi connectivity index (χ2n) is 6.39. The first-order chi connectivity index (χ1) is 9.73. The number of nitrogens with zero attached hydrogens (tertiary/aromatic N) is 1. The van der Waals surface area contributed by atoms with Crippen molar-refractivity contribution in [2.75, 3.05) is 12.4 Å². The number of rotatable bonds is 6. The van der Waals surface area contributed by atoms with Crippen molar-refractivity contribution in [3.63, 3.8) is 0 Å². The van der Waals surface area contributed by atoms with Gasteiger partial charge in [-0.25, -0.2) is 0 Å². The van der Waals surface area contributed by atoms with Crippen molar-refractivity contribution in [3.8, 4) is 0 Å².